The zero-order valence-electron chi connectivity index (χ0n) is 7.58. The number of hydrogen-bond donors (Lipinski definition) is 2. The maximum absolute atomic E-state index is 10.4. The quantitative estimate of drug-likeness (QED) is 0.714. The third kappa shape index (κ3) is 3.11. The molecule has 0 bridgehead atoms. The molecule has 1 aromatic heterocycles. The molecule has 0 aromatic carbocycles. The standard InChI is InChI=1S/C9H13N3O/c1-7-3-2-5-11-9(7)12-6-4-8(10)13/h2-3,5H,4,6H2,1H3,(H2,10,13)(H,11,12). The van der Waals surface area contributed by atoms with Crippen molar-refractivity contribution in [2.45, 2.75) is 13.3 Å². The molecule has 0 fully saturated rings. The van der Waals surface area contributed by atoms with Crippen LogP contribution in [0.5, 0.6) is 0 Å². The molecule has 4 nitrogen and oxygen atoms in total. The van der Waals surface area contributed by atoms with E-state index >= 15 is 0 Å². The summed E-state index contributed by atoms with van der Waals surface area (Å²) in [6.45, 7) is 2.49. The van der Waals surface area contributed by atoms with Crippen molar-refractivity contribution in [3.05, 3.63) is 23.9 Å². The molecule has 0 spiro atoms. The number of nitrogens with one attached hydrogen (secondary N) is 1. The van der Waals surface area contributed by atoms with E-state index in [9.17, 15) is 4.79 Å². The van der Waals surface area contributed by atoms with Crippen molar-refractivity contribution in [3.8, 4) is 0 Å². The second-order valence-electron chi connectivity index (χ2n) is 2.81. The second-order valence-corrected chi connectivity index (χ2v) is 2.81. The zero-order valence-corrected chi connectivity index (χ0v) is 7.58. The number of pyridine rings is 1. The lowest BCUT2D eigenvalue weighted by Crippen LogP contribution is -2.16. The number of aryl methyl sites for hydroxylation is 1. The van der Waals surface area contributed by atoms with Crippen LogP contribution in [0.15, 0.2) is 18.3 Å². The molecule has 1 aromatic rings. The first-order valence-corrected chi connectivity index (χ1v) is 4.14. The molecule has 0 aliphatic rings. The van der Waals surface area contributed by atoms with E-state index in [1.54, 1.807) is 6.20 Å². The van der Waals surface area contributed by atoms with E-state index < -0.39 is 0 Å². The van der Waals surface area contributed by atoms with Crippen molar-refractivity contribution in [2.75, 3.05) is 11.9 Å². The van der Waals surface area contributed by atoms with E-state index in [4.69, 9.17) is 5.73 Å². The third-order valence-electron chi connectivity index (χ3n) is 1.67. The van der Waals surface area contributed by atoms with E-state index in [-0.39, 0.29) is 5.91 Å². The molecule has 0 unspecified atom stereocenters. The molecule has 0 saturated heterocycles. The zero-order chi connectivity index (χ0) is 9.68. The molecule has 0 aliphatic carbocycles. The van der Waals surface area contributed by atoms with Gasteiger partial charge in [-0.25, -0.2) is 4.98 Å². The van der Waals surface area contributed by atoms with Crippen LogP contribution < -0.4 is 11.1 Å². The Morgan fingerprint density at radius 1 is 1.69 bits per heavy atom. The number of rotatable bonds is 4. The van der Waals surface area contributed by atoms with Gasteiger partial charge in [-0.15, -0.1) is 0 Å². The number of nitrogens with zero attached hydrogens (tertiary/aromatic N) is 1. The maximum atomic E-state index is 10.4. The van der Waals surface area contributed by atoms with Gasteiger partial charge in [0.1, 0.15) is 5.82 Å². The van der Waals surface area contributed by atoms with E-state index in [0.29, 0.717) is 13.0 Å². The summed E-state index contributed by atoms with van der Waals surface area (Å²) in [4.78, 5) is 14.5. The molecule has 0 saturated carbocycles. The van der Waals surface area contributed by atoms with Gasteiger partial charge in [-0.3, -0.25) is 4.79 Å². The highest BCUT2D eigenvalue weighted by Gasteiger charge is 1.98. The maximum Gasteiger partial charge on any atom is 0.219 e. The van der Waals surface area contributed by atoms with E-state index in [1.165, 1.54) is 0 Å². The smallest absolute Gasteiger partial charge is 0.219 e. The highest BCUT2D eigenvalue weighted by molar-refractivity contribution is 5.74. The largest absolute Gasteiger partial charge is 0.370 e. The van der Waals surface area contributed by atoms with E-state index in [1.807, 2.05) is 19.1 Å². The van der Waals surface area contributed by atoms with E-state index in [2.05, 4.69) is 10.3 Å². The van der Waals surface area contributed by atoms with Gasteiger partial charge < -0.3 is 11.1 Å². The number of nitrogens with two attached hydrogens (primary N) is 1. The first kappa shape index (κ1) is 9.51. The van der Waals surface area contributed by atoms with Crippen molar-refractivity contribution in [3.63, 3.8) is 0 Å². The summed E-state index contributed by atoms with van der Waals surface area (Å²) >= 11 is 0. The average Bonchev–Trinajstić information content (AvgIpc) is 2.08. The van der Waals surface area contributed by atoms with Gasteiger partial charge >= 0.3 is 0 Å². The normalized spacial score (nSPS) is 9.62. The second kappa shape index (κ2) is 4.45. The van der Waals surface area contributed by atoms with E-state index in [0.717, 1.165) is 11.4 Å². The highest BCUT2D eigenvalue weighted by Crippen LogP contribution is 2.08. The third-order valence-corrected chi connectivity index (χ3v) is 1.67. The van der Waals surface area contributed by atoms with Gasteiger partial charge in [0.25, 0.3) is 0 Å². The van der Waals surface area contributed by atoms with Crippen molar-refractivity contribution in [2.24, 2.45) is 5.73 Å². The van der Waals surface area contributed by atoms with Gasteiger partial charge in [0.2, 0.25) is 5.91 Å². The Kier molecular flexibility index (Phi) is 3.25. The first-order valence-electron chi connectivity index (χ1n) is 4.14. The molecule has 0 atom stereocenters. The predicted octanol–water partition coefficient (Wildman–Crippen LogP) is 0.677. The number of hydrogen-bond acceptors (Lipinski definition) is 3. The fraction of sp³-hybridized carbons (Fsp3) is 0.333. The summed E-state index contributed by atoms with van der Waals surface area (Å²) in [7, 11) is 0. The molecule has 1 amide bonds. The number of carbonyl (C=O) groups excluding carboxylic acids is 1. The monoisotopic (exact) mass is 179 g/mol. The number of amides is 1. The Morgan fingerprint density at radius 2 is 2.46 bits per heavy atom. The Labute approximate surface area is 77.2 Å². The van der Waals surface area contributed by atoms with Crippen LogP contribution in [0.1, 0.15) is 12.0 Å². The molecule has 1 heterocycles. The molecule has 1 rings (SSSR count). The van der Waals surface area contributed by atoms with Crippen molar-refractivity contribution in [1.82, 2.24) is 4.98 Å². The first-order chi connectivity index (χ1) is 6.20. The van der Waals surface area contributed by atoms with Crippen LogP contribution in [0, 0.1) is 6.92 Å². The van der Waals surface area contributed by atoms with Gasteiger partial charge in [-0.2, -0.15) is 0 Å². The molecule has 70 valence electrons. The van der Waals surface area contributed by atoms with Gasteiger partial charge in [0.15, 0.2) is 0 Å². The van der Waals surface area contributed by atoms with Gasteiger partial charge in [-0.05, 0) is 18.6 Å². The van der Waals surface area contributed by atoms with Crippen LogP contribution >= 0.6 is 0 Å². The van der Waals surface area contributed by atoms with Crippen LogP contribution in [0.4, 0.5) is 5.82 Å². The van der Waals surface area contributed by atoms with Gasteiger partial charge in [0, 0.05) is 19.2 Å². The molecule has 3 N–H and O–H groups in total. The summed E-state index contributed by atoms with van der Waals surface area (Å²) in [6.07, 6.45) is 2.04. The number of anilines is 1. The summed E-state index contributed by atoms with van der Waals surface area (Å²) < 4.78 is 0. The van der Waals surface area contributed by atoms with Crippen LogP contribution in [0.2, 0.25) is 0 Å². The number of primary amides is 1. The molecular weight excluding hydrogens is 166 g/mol. The minimum atomic E-state index is -0.305. The number of carbonyl (C=O) groups is 1. The van der Waals surface area contributed by atoms with Crippen molar-refractivity contribution < 1.29 is 4.79 Å². The molecule has 0 aliphatic heterocycles. The lowest BCUT2D eigenvalue weighted by atomic mass is 10.3. The fourth-order valence-corrected chi connectivity index (χ4v) is 0.975. The van der Waals surface area contributed by atoms with Crippen LogP contribution in [0.25, 0.3) is 0 Å². The highest BCUT2D eigenvalue weighted by atomic mass is 16.1. The predicted molar refractivity (Wildman–Crippen MR) is 51.3 cm³/mol. The van der Waals surface area contributed by atoms with Crippen molar-refractivity contribution in [1.29, 1.82) is 0 Å². The summed E-state index contributed by atoms with van der Waals surface area (Å²) in [6, 6.07) is 3.83. The Morgan fingerprint density at radius 3 is 3.08 bits per heavy atom. The van der Waals surface area contributed by atoms with Gasteiger partial charge in [0.05, 0.1) is 0 Å². The van der Waals surface area contributed by atoms with Crippen molar-refractivity contribution >= 4 is 11.7 Å². The van der Waals surface area contributed by atoms with Crippen LogP contribution in [-0.4, -0.2) is 17.4 Å². The minimum Gasteiger partial charge on any atom is -0.370 e. The minimum absolute atomic E-state index is 0.305. The molecule has 0 radical (unpaired) electrons. The topological polar surface area (TPSA) is 68.0 Å². The van der Waals surface area contributed by atoms with Crippen LogP contribution in [-0.2, 0) is 4.79 Å². The Bertz CT molecular complexity index is 299. The fourth-order valence-electron chi connectivity index (χ4n) is 0.975. The Hall–Kier alpha value is -1.58. The molecule has 4 heteroatoms. The molecular formula is C9H13N3O. The summed E-state index contributed by atoms with van der Waals surface area (Å²) in [5.74, 6) is 0.504. The lowest BCUT2D eigenvalue weighted by Gasteiger charge is -2.05. The SMILES string of the molecule is Cc1cccnc1NCCC(N)=O. The summed E-state index contributed by atoms with van der Waals surface area (Å²) in [5.41, 5.74) is 6.06. The molecule has 13 heavy (non-hydrogen) atoms. The number of aromatic nitrogens is 1. The average molecular weight is 179 g/mol. The van der Waals surface area contributed by atoms with Crippen LogP contribution in [0.3, 0.4) is 0 Å². The Balaban J connectivity index is 2.45. The summed E-state index contributed by atoms with van der Waals surface area (Å²) in [5, 5.41) is 3.03. The van der Waals surface area contributed by atoms with Gasteiger partial charge in [-0.1, -0.05) is 6.07 Å². The lowest BCUT2D eigenvalue weighted by molar-refractivity contribution is -0.117.